The average Bonchev–Trinajstić information content (AvgIpc) is 3.20. The summed E-state index contributed by atoms with van der Waals surface area (Å²) in [6.07, 6.45) is 7.84. The average molecular weight is 506 g/mol. The molecule has 1 aliphatic carbocycles. The third kappa shape index (κ3) is 6.74. The molecule has 1 saturated carbocycles. The Hall–Kier alpha value is -2.62. The van der Waals surface area contributed by atoms with Crippen molar-refractivity contribution in [1.29, 1.82) is 0 Å². The van der Waals surface area contributed by atoms with Gasteiger partial charge in [-0.3, -0.25) is 9.69 Å². The molecule has 192 valence electrons. The number of rotatable bonds is 5. The van der Waals surface area contributed by atoms with Gasteiger partial charge in [0.2, 0.25) is 5.91 Å². The van der Waals surface area contributed by atoms with E-state index in [1.807, 2.05) is 4.90 Å². The lowest BCUT2D eigenvalue weighted by molar-refractivity contribution is -0.119. The van der Waals surface area contributed by atoms with Crippen molar-refractivity contribution in [2.75, 3.05) is 49.1 Å². The van der Waals surface area contributed by atoms with Crippen LogP contribution in [0.3, 0.4) is 0 Å². The van der Waals surface area contributed by atoms with Gasteiger partial charge < -0.3 is 25.2 Å². The van der Waals surface area contributed by atoms with Crippen LogP contribution in [0, 0.1) is 5.82 Å². The molecule has 0 aromatic heterocycles. The molecule has 1 aromatic rings. The molecule has 4 rings (SSSR count). The molecule has 0 unspecified atom stereocenters. The first-order valence-corrected chi connectivity index (χ1v) is 13.1. The molecule has 0 bridgehead atoms. The minimum atomic E-state index is -0.536. The van der Waals surface area contributed by atoms with Gasteiger partial charge in [0.15, 0.2) is 5.11 Å². The first kappa shape index (κ1) is 25.5. The molecular formula is C25H36FN5O3S. The molecule has 0 radical (unpaired) electrons. The van der Waals surface area contributed by atoms with E-state index in [4.69, 9.17) is 17.0 Å². The van der Waals surface area contributed by atoms with Crippen molar-refractivity contribution in [2.24, 2.45) is 0 Å². The summed E-state index contributed by atoms with van der Waals surface area (Å²) in [5, 5.41) is 7.03. The minimum absolute atomic E-state index is 0.189. The monoisotopic (exact) mass is 505 g/mol. The third-order valence-electron chi connectivity index (χ3n) is 7.04. The fourth-order valence-electron chi connectivity index (χ4n) is 5.03. The summed E-state index contributed by atoms with van der Waals surface area (Å²) >= 11 is 5.70. The molecule has 2 saturated heterocycles. The van der Waals surface area contributed by atoms with Crippen molar-refractivity contribution in [3.05, 3.63) is 24.0 Å². The zero-order valence-electron chi connectivity index (χ0n) is 20.4. The number of ether oxygens (including phenoxy) is 1. The van der Waals surface area contributed by atoms with E-state index in [-0.39, 0.29) is 24.8 Å². The van der Waals surface area contributed by atoms with Crippen LogP contribution in [0.25, 0.3) is 0 Å². The maximum atomic E-state index is 15.1. The molecule has 2 heterocycles. The Morgan fingerprint density at radius 1 is 1.11 bits per heavy atom. The van der Waals surface area contributed by atoms with Crippen LogP contribution in [0.2, 0.25) is 0 Å². The molecule has 35 heavy (non-hydrogen) atoms. The summed E-state index contributed by atoms with van der Waals surface area (Å²) < 4.78 is 20.4. The van der Waals surface area contributed by atoms with Gasteiger partial charge in [0.05, 0.1) is 24.5 Å². The molecule has 0 spiro atoms. The highest BCUT2D eigenvalue weighted by Crippen LogP contribution is 2.28. The number of hydrogen-bond acceptors (Lipinski definition) is 5. The van der Waals surface area contributed by atoms with Crippen LogP contribution in [0.1, 0.15) is 51.9 Å². The van der Waals surface area contributed by atoms with Crippen LogP contribution in [0.4, 0.5) is 20.6 Å². The predicted molar refractivity (Wildman–Crippen MR) is 138 cm³/mol. The van der Waals surface area contributed by atoms with Crippen LogP contribution in [0.5, 0.6) is 0 Å². The summed E-state index contributed by atoms with van der Waals surface area (Å²) in [5.74, 6) is -0.560. The van der Waals surface area contributed by atoms with E-state index < -0.39 is 12.2 Å². The highest BCUT2D eigenvalue weighted by atomic mass is 32.1. The quantitative estimate of drug-likeness (QED) is 0.594. The van der Waals surface area contributed by atoms with Crippen LogP contribution >= 0.6 is 12.2 Å². The number of halogens is 1. The first-order valence-electron chi connectivity index (χ1n) is 12.7. The van der Waals surface area contributed by atoms with E-state index in [0.717, 1.165) is 18.2 Å². The Bertz CT molecular complexity index is 916. The Morgan fingerprint density at radius 3 is 2.46 bits per heavy atom. The van der Waals surface area contributed by atoms with Crippen molar-refractivity contribution in [2.45, 2.75) is 64.0 Å². The number of thiocarbonyl (C=S) groups is 1. The van der Waals surface area contributed by atoms with Crippen LogP contribution in [-0.4, -0.2) is 73.4 Å². The highest BCUT2D eigenvalue weighted by Gasteiger charge is 2.33. The zero-order chi connectivity index (χ0) is 24.8. The van der Waals surface area contributed by atoms with Gasteiger partial charge in [-0.1, -0.05) is 32.1 Å². The van der Waals surface area contributed by atoms with Gasteiger partial charge in [0, 0.05) is 39.1 Å². The number of hydrogen-bond donors (Lipinski definition) is 2. The lowest BCUT2D eigenvalue weighted by atomic mass is 9.97. The Labute approximate surface area is 212 Å². The molecule has 10 heteroatoms. The highest BCUT2D eigenvalue weighted by molar-refractivity contribution is 7.80. The van der Waals surface area contributed by atoms with Crippen molar-refractivity contribution >= 4 is 40.7 Å². The fraction of sp³-hybridized carbons (Fsp3) is 0.640. The van der Waals surface area contributed by atoms with Crippen molar-refractivity contribution < 1.29 is 18.7 Å². The van der Waals surface area contributed by atoms with Crippen molar-refractivity contribution in [3.63, 3.8) is 0 Å². The van der Waals surface area contributed by atoms with Gasteiger partial charge in [0.1, 0.15) is 11.9 Å². The normalized spacial score (nSPS) is 21.8. The van der Waals surface area contributed by atoms with Gasteiger partial charge in [-0.05, 0) is 43.3 Å². The number of amides is 2. The van der Waals surface area contributed by atoms with Gasteiger partial charge in [-0.25, -0.2) is 9.18 Å². The number of carbonyl (C=O) groups is 2. The lowest BCUT2D eigenvalue weighted by Crippen LogP contribution is -2.53. The summed E-state index contributed by atoms with van der Waals surface area (Å²) in [7, 11) is 0. The second-order valence-electron chi connectivity index (χ2n) is 9.65. The van der Waals surface area contributed by atoms with Gasteiger partial charge in [-0.2, -0.15) is 0 Å². The van der Waals surface area contributed by atoms with E-state index >= 15 is 4.39 Å². The molecule has 2 N–H and O–H groups in total. The summed E-state index contributed by atoms with van der Waals surface area (Å²) in [6, 6.07) is 5.30. The van der Waals surface area contributed by atoms with E-state index in [9.17, 15) is 9.59 Å². The number of benzene rings is 1. The molecule has 3 fully saturated rings. The number of nitrogens with zero attached hydrogens (tertiary/aromatic N) is 3. The maximum Gasteiger partial charge on any atom is 0.414 e. The predicted octanol–water partition coefficient (Wildman–Crippen LogP) is 3.40. The summed E-state index contributed by atoms with van der Waals surface area (Å²) in [4.78, 5) is 29.0. The number of piperazine rings is 1. The van der Waals surface area contributed by atoms with E-state index in [1.165, 1.54) is 62.8 Å². The summed E-state index contributed by atoms with van der Waals surface area (Å²) in [6.45, 7) is 4.74. The van der Waals surface area contributed by atoms with E-state index in [2.05, 4.69) is 15.5 Å². The summed E-state index contributed by atoms with van der Waals surface area (Å²) in [5.41, 5.74) is 0.972. The topological polar surface area (TPSA) is 77.2 Å². The smallest absolute Gasteiger partial charge is 0.414 e. The Morgan fingerprint density at radius 2 is 1.80 bits per heavy atom. The third-order valence-corrected chi connectivity index (χ3v) is 7.41. The number of carbonyl (C=O) groups excluding carboxylic acids is 2. The molecule has 1 aromatic carbocycles. The molecule has 1 atom stereocenters. The van der Waals surface area contributed by atoms with E-state index in [1.54, 1.807) is 12.1 Å². The largest absolute Gasteiger partial charge is 0.442 e. The lowest BCUT2D eigenvalue weighted by Gasteiger charge is -2.38. The van der Waals surface area contributed by atoms with E-state index in [0.29, 0.717) is 30.5 Å². The van der Waals surface area contributed by atoms with Crippen molar-refractivity contribution in [3.8, 4) is 0 Å². The van der Waals surface area contributed by atoms with Crippen LogP contribution in [-0.2, 0) is 9.53 Å². The second-order valence-corrected chi connectivity index (χ2v) is 10.0. The zero-order valence-corrected chi connectivity index (χ0v) is 21.2. The maximum absolute atomic E-state index is 15.1. The molecule has 2 amide bonds. The molecule has 2 aliphatic heterocycles. The van der Waals surface area contributed by atoms with Crippen LogP contribution in [0.15, 0.2) is 18.2 Å². The molecule has 8 nitrogen and oxygen atoms in total. The van der Waals surface area contributed by atoms with Gasteiger partial charge >= 0.3 is 6.09 Å². The number of anilines is 2. The second kappa shape index (κ2) is 11.9. The number of cyclic esters (lactones) is 1. The van der Waals surface area contributed by atoms with Gasteiger partial charge in [0.25, 0.3) is 0 Å². The first-order chi connectivity index (χ1) is 16.9. The minimum Gasteiger partial charge on any atom is -0.442 e. The standard InChI is InChI=1S/C25H36FN5O3S/c1-18(32)27-16-21-17-31(25(33)34-21)20-9-10-23(22(26)15-20)29-11-13-30(14-12-29)24(35)28-19-7-5-3-2-4-6-8-19/h9-10,15,19,21H,2-8,11-14,16-17H2,1H3,(H,27,32)(H,28,35)/t21-/m0/s1. The molecular weight excluding hydrogens is 469 g/mol. The number of nitrogens with one attached hydrogen (secondary N) is 2. The van der Waals surface area contributed by atoms with Crippen LogP contribution < -0.4 is 20.4 Å². The fourth-order valence-corrected chi connectivity index (χ4v) is 5.38. The Balaban J connectivity index is 1.29. The Kier molecular flexibility index (Phi) is 8.64. The SMILES string of the molecule is CC(=O)NC[C@H]1CN(c2ccc(N3CCN(C(=S)NC4CCCCCCC4)CC3)c(F)c2)C(=O)O1. The van der Waals surface area contributed by atoms with Crippen molar-refractivity contribution in [1.82, 2.24) is 15.5 Å². The molecule has 3 aliphatic rings. The van der Waals surface area contributed by atoms with Gasteiger partial charge in [-0.15, -0.1) is 0 Å².